The first-order valence-corrected chi connectivity index (χ1v) is 10.3. The first kappa shape index (κ1) is 19.0. The number of nitrogens with zero attached hydrogens (tertiary/aromatic N) is 5. The lowest BCUT2D eigenvalue weighted by Gasteiger charge is -2.27. The van der Waals surface area contributed by atoms with E-state index in [1.165, 1.54) is 0 Å². The molecule has 0 unspecified atom stereocenters. The number of fused-ring (bicyclic) bond motifs is 1. The number of hydrogen-bond donors (Lipinski definition) is 2. The molecule has 0 bridgehead atoms. The van der Waals surface area contributed by atoms with Crippen LogP contribution in [-0.2, 0) is 13.6 Å². The summed E-state index contributed by atoms with van der Waals surface area (Å²) < 4.78 is 2.03. The van der Waals surface area contributed by atoms with Gasteiger partial charge in [0.05, 0.1) is 18.8 Å². The predicted octanol–water partition coefficient (Wildman–Crippen LogP) is 1.38. The Morgan fingerprint density at radius 3 is 2.80 bits per heavy atom. The lowest BCUT2D eigenvalue weighted by atomic mass is 9.82. The topological polar surface area (TPSA) is 90.3 Å². The minimum absolute atomic E-state index is 0.0532. The third-order valence-corrected chi connectivity index (χ3v) is 6.60. The van der Waals surface area contributed by atoms with Crippen molar-refractivity contribution in [3.63, 3.8) is 0 Å². The molecule has 8 heteroatoms. The number of nitrogens with one attached hydrogen (secondary N) is 1. The third kappa shape index (κ3) is 3.22. The van der Waals surface area contributed by atoms with E-state index in [0.717, 1.165) is 36.7 Å². The summed E-state index contributed by atoms with van der Waals surface area (Å²) >= 11 is 0. The van der Waals surface area contributed by atoms with Gasteiger partial charge in [0.25, 0.3) is 5.91 Å². The maximum atomic E-state index is 13.1. The molecule has 156 valence electrons. The number of benzene rings is 1. The molecule has 4 heterocycles. The zero-order valence-electron chi connectivity index (χ0n) is 17.0. The van der Waals surface area contributed by atoms with Gasteiger partial charge in [-0.15, -0.1) is 0 Å². The summed E-state index contributed by atoms with van der Waals surface area (Å²) in [4.78, 5) is 21.7. The number of aromatic amines is 1. The monoisotopic (exact) mass is 406 g/mol. The van der Waals surface area contributed by atoms with Gasteiger partial charge in [0.15, 0.2) is 0 Å². The number of likely N-dealkylation sites (tertiary alicyclic amines) is 2. The van der Waals surface area contributed by atoms with Crippen LogP contribution in [0.1, 0.15) is 16.3 Å². The van der Waals surface area contributed by atoms with Crippen LogP contribution in [-0.4, -0.2) is 73.3 Å². The second-order valence-electron chi connectivity index (χ2n) is 8.56. The molecule has 0 spiro atoms. The van der Waals surface area contributed by atoms with Crippen LogP contribution in [0, 0.1) is 11.3 Å². The van der Waals surface area contributed by atoms with Gasteiger partial charge < -0.3 is 14.6 Å². The zero-order chi connectivity index (χ0) is 20.7. The van der Waals surface area contributed by atoms with Crippen LogP contribution in [0.5, 0.6) is 0 Å². The van der Waals surface area contributed by atoms with E-state index in [2.05, 4.69) is 20.1 Å². The van der Waals surface area contributed by atoms with Crippen LogP contribution in [0.3, 0.4) is 0 Å². The summed E-state index contributed by atoms with van der Waals surface area (Å²) in [6, 6.07) is 11.6. The summed E-state index contributed by atoms with van der Waals surface area (Å²) in [5.41, 5.74) is 1.95. The standard InChI is InChI=1S/C22H26N6O2/c1-26-8-7-23-20(26)12-27-10-17-11-28(14-22(17,13-27)15-29)21(30)19-9-18(24-25-19)16-5-3-2-4-6-16/h2-9,17,29H,10-15H2,1H3,(H,24,25)/t17-,22+/m0/s1. The maximum absolute atomic E-state index is 13.1. The molecule has 8 nitrogen and oxygen atoms in total. The molecule has 0 saturated carbocycles. The fourth-order valence-corrected chi connectivity index (χ4v) is 4.90. The van der Waals surface area contributed by atoms with Gasteiger partial charge in [0.2, 0.25) is 0 Å². The number of carbonyl (C=O) groups is 1. The summed E-state index contributed by atoms with van der Waals surface area (Å²) in [7, 11) is 2.00. The molecule has 5 rings (SSSR count). The Bertz CT molecular complexity index is 1040. The second-order valence-corrected chi connectivity index (χ2v) is 8.56. The second kappa shape index (κ2) is 7.37. The first-order valence-electron chi connectivity index (χ1n) is 10.3. The fraction of sp³-hybridized carbons (Fsp3) is 0.409. The quantitative estimate of drug-likeness (QED) is 0.668. The predicted molar refractivity (Wildman–Crippen MR) is 111 cm³/mol. The summed E-state index contributed by atoms with van der Waals surface area (Å²) in [5.74, 6) is 1.22. The molecule has 0 radical (unpaired) electrons. The Balaban J connectivity index is 1.28. The zero-order valence-corrected chi connectivity index (χ0v) is 17.0. The van der Waals surface area contributed by atoms with Crippen LogP contribution in [0.2, 0.25) is 0 Å². The molecule has 1 amide bonds. The number of aliphatic hydroxyl groups excluding tert-OH is 1. The normalized spacial score (nSPS) is 23.8. The molecule has 1 aromatic carbocycles. The van der Waals surface area contributed by atoms with Gasteiger partial charge >= 0.3 is 0 Å². The van der Waals surface area contributed by atoms with E-state index in [9.17, 15) is 9.90 Å². The summed E-state index contributed by atoms with van der Waals surface area (Å²) in [6.45, 7) is 3.67. The molecular formula is C22H26N6O2. The molecule has 3 aromatic rings. The van der Waals surface area contributed by atoms with Crippen LogP contribution >= 0.6 is 0 Å². The van der Waals surface area contributed by atoms with Crippen molar-refractivity contribution < 1.29 is 9.90 Å². The minimum atomic E-state index is -0.275. The van der Waals surface area contributed by atoms with Crippen molar-refractivity contribution in [1.82, 2.24) is 29.5 Å². The maximum Gasteiger partial charge on any atom is 0.271 e. The van der Waals surface area contributed by atoms with E-state index in [0.29, 0.717) is 18.8 Å². The fourth-order valence-electron chi connectivity index (χ4n) is 4.90. The Morgan fingerprint density at radius 1 is 1.27 bits per heavy atom. The summed E-state index contributed by atoms with van der Waals surface area (Å²) in [5, 5.41) is 17.5. The van der Waals surface area contributed by atoms with Crippen molar-refractivity contribution in [3.8, 4) is 11.3 Å². The van der Waals surface area contributed by atoms with Gasteiger partial charge in [-0.25, -0.2) is 4.98 Å². The number of aromatic nitrogens is 4. The number of aliphatic hydroxyl groups is 1. The summed E-state index contributed by atoms with van der Waals surface area (Å²) in [6.07, 6.45) is 3.76. The number of imidazole rings is 1. The van der Waals surface area contributed by atoms with Crippen molar-refractivity contribution in [2.24, 2.45) is 18.4 Å². The van der Waals surface area contributed by atoms with E-state index < -0.39 is 0 Å². The van der Waals surface area contributed by atoms with E-state index in [1.54, 1.807) is 0 Å². The molecule has 2 aliphatic rings. The Morgan fingerprint density at radius 2 is 2.10 bits per heavy atom. The molecule has 2 N–H and O–H groups in total. The lowest BCUT2D eigenvalue weighted by molar-refractivity contribution is 0.0712. The highest BCUT2D eigenvalue weighted by atomic mass is 16.3. The number of rotatable bonds is 5. The van der Waals surface area contributed by atoms with Gasteiger partial charge in [0, 0.05) is 56.6 Å². The average Bonchev–Trinajstić information content (AvgIpc) is 3.52. The molecule has 2 aromatic heterocycles. The van der Waals surface area contributed by atoms with E-state index in [1.807, 2.05) is 65.3 Å². The average molecular weight is 406 g/mol. The SMILES string of the molecule is Cn1ccnc1CN1C[C@H]2CN(C(=O)c3cc(-c4ccccc4)n[nH]3)C[C@@]2(CO)C1. The van der Waals surface area contributed by atoms with Crippen LogP contribution in [0.4, 0.5) is 0 Å². The molecule has 0 aliphatic carbocycles. The number of hydrogen-bond acceptors (Lipinski definition) is 5. The first-order chi connectivity index (χ1) is 14.6. The van der Waals surface area contributed by atoms with Crippen molar-refractivity contribution in [2.45, 2.75) is 6.54 Å². The Labute approximate surface area is 175 Å². The van der Waals surface area contributed by atoms with Crippen molar-refractivity contribution in [1.29, 1.82) is 0 Å². The number of carbonyl (C=O) groups excluding carboxylic acids is 1. The van der Waals surface area contributed by atoms with E-state index >= 15 is 0 Å². The highest BCUT2D eigenvalue weighted by molar-refractivity contribution is 5.93. The third-order valence-electron chi connectivity index (χ3n) is 6.60. The highest BCUT2D eigenvalue weighted by Crippen LogP contribution is 2.43. The molecule has 2 atom stereocenters. The van der Waals surface area contributed by atoms with E-state index in [4.69, 9.17) is 0 Å². The Kier molecular flexibility index (Phi) is 4.67. The van der Waals surface area contributed by atoms with Crippen molar-refractivity contribution >= 4 is 5.91 Å². The van der Waals surface area contributed by atoms with Crippen molar-refractivity contribution in [3.05, 3.63) is 60.3 Å². The number of H-pyrrole nitrogens is 1. The van der Waals surface area contributed by atoms with Crippen LogP contribution in [0.15, 0.2) is 48.8 Å². The van der Waals surface area contributed by atoms with Gasteiger partial charge in [-0.2, -0.15) is 5.10 Å². The molecule has 30 heavy (non-hydrogen) atoms. The molecule has 2 aliphatic heterocycles. The van der Waals surface area contributed by atoms with Gasteiger partial charge in [-0.3, -0.25) is 14.8 Å². The number of aryl methyl sites for hydroxylation is 1. The Hall–Kier alpha value is -2.97. The van der Waals surface area contributed by atoms with Gasteiger partial charge in [-0.1, -0.05) is 30.3 Å². The number of amides is 1. The molecular weight excluding hydrogens is 380 g/mol. The highest BCUT2D eigenvalue weighted by Gasteiger charge is 2.53. The van der Waals surface area contributed by atoms with Crippen LogP contribution < -0.4 is 0 Å². The van der Waals surface area contributed by atoms with Crippen molar-refractivity contribution in [2.75, 3.05) is 32.8 Å². The van der Waals surface area contributed by atoms with Gasteiger partial charge in [-0.05, 0) is 12.0 Å². The largest absolute Gasteiger partial charge is 0.396 e. The minimum Gasteiger partial charge on any atom is -0.396 e. The molecule has 2 fully saturated rings. The molecule has 2 saturated heterocycles. The van der Waals surface area contributed by atoms with Gasteiger partial charge in [0.1, 0.15) is 11.5 Å². The smallest absolute Gasteiger partial charge is 0.271 e. The lowest BCUT2D eigenvalue weighted by Crippen LogP contribution is -2.39. The van der Waals surface area contributed by atoms with E-state index in [-0.39, 0.29) is 23.8 Å². The van der Waals surface area contributed by atoms with Crippen LogP contribution in [0.25, 0.3) is 11.3 Å².